The van der Waals surface area contributed by atoms with Crippen LogP contribution in [0.4, 0.5) is 5.69 Å². The van der Waals surface area contributed by atoms with Crippen molar-refractivity contribution >= 4 is 40.5 Å². The van der Waals surface area contributed by atoms with Crippen LogP contribution in [0.1, 0.15) is 16.7 Å². The number of carbonyl (C=O) groups is 1. The van der Waals surface area contributed by atoms with E-state index >= 15 is 0 Å². The number of phenols is 1. The number of hydrogen-bond donors (Lipinski definition) is 3. The molecule has 0 saturated heterocycles. The molecule has 0 aromatic heterocycles. The second-order valence-corrected chi connectivity index (χ2v) is 6.10. The summed E-state index contributed by atoms with van der Waals surface area (Å²) < 4.78 is 0. The molecule has 0 aliphatic heterocycles. The summed E-state index contributed by atoms with van der Waals surface area (Å²) in [5, 5.41) is 16.1. The van der Waals surface area contributed by atoms with E-state index in [1.807, 2.05) is 13.8 Å². The van der Waals surface area contributed by atoms with Crippen molar-refractivity contribution in [2.45, 2.75) is 20.3 Å². The van der Waals surface area contributed by atoms with Crippen molar-refractivity contribution in [1.29, 1.82) is 0 Å². The second kappa shape index (κ2) is 7.44. The Kier molecular flexibility index (Phi) is 5.58. The molecule has 0 saturated carbocycles. The number of anilines is 1. The Bertz CT molecular complexity index is 745. The van der Waals surface area contributed by atoms with Crippen LogP contribution in [0.25, 0.3) is 0 Å². The first-order chi connectivity index (χ1) is 10.8. The van der Waals surface area contributed by atoms with Crippen molar-refractivity contribution in [3.8, 4) is 5.75 Å². The SMILES string of the molecule is Cc1cc(O)c(NC(=S)NC(=O)Cc2ccc(Cl)cc2)cc1C. The van der Waals surface area contributed by atoms with Gasteiger partial charge in [0.15, 0.2) is 5.11 Å². The molecule has 0 aliphatic carbocycles. The Labute approximate surface area is 145 Å². The maximum absolute atomic E-state index is 12.0. The molecule has 0 heterocycles. The van der Waals surface area contributed by atoms with Gasteiger partial charge in [0.05, 0.1) is 12.1 Å². The number of carbonyl (C=O) groups excluding carboxylic acids is 1. The van der Waals surface area contributed by atoms with Crippen LogP contribution >= 0.6 is 23.8 Å². The van der Waals surface area contributed by atoms with Gasteiger partial charge in [-0.1, -0.05) is 23.7 Å². The van der Waals surface area contributed by atoms with E-state index in [2.05, 4.69) is 10.6 Å². The molecule has 2 aromatic carbocycles. The highest BCUT2D eigenvalue weighted by atomic mass is 35.5. The Morgan fingerprint density at radius 3 is 2.43 bits per heavy atom. The van der Waals surface area contributed by atoms with Crippen molar-refractivity contribution in [2.24, 2.45) is 0 Å². The highest BCUT2D eigenvalue weighted by molar-refractivity contribution is 7.80. The third kappa shape index (κ3) is 4.94. The van der Waals surface area contributed by atoms with Crippen LogP contribution in [0, 0.1) is 13.8 Å². The maximum Gasteiger partial charge on any atom is 0.230 e. The zero-order chi connectivity index (χ0) is 17.0. The van der Waals surface area contributed by atoms with Gasteiger partial charge in [-0.15, -0.1) is 0 Å². The minimum absolute atomic E-state index is 0.0856. The molecule has 6 heteroatoms. The first kappa shape index (κ1) is 17.2. The summed E-state index contributed by atoms with van der Waals surface area (Å²) in [5.41, 5.74) is 3.29. The summed E-state index contributed by atoms with van der Waals surface area (Å²) in [6.45, 7) is 3.84. The smallest absolute Gasteiger partial charge is 0.230 e. The summed E-state index contributed by atoms with van der Waals surface area (Å²) in [6, 6.07) is 10.5. The number of nitrogens with one attached hydrogen (secondary N) is 2. The monoisotopic (exact) mass is 348 g/mol. The van der Waals surface area contributed by atoms with Gasteiger partial charge in [0.1, 0.15) is 5.75 Å². The van der Waals surface area contributed by atoms with Gasteiger partial charge >= 0.3 is 0 Å². The Morgan fingerprint density at radius 1 is 1.17 bits per heavy atom. The first-order valence-electron chi connectivity index (χ1n) is 7.00. The molecule has 0 aliphatic rings. The molecular formula is C17H17ClN2O2S. The molecule has 1 amide bonds. The molecule has 0 radical (unpaired) electrons. The lowest BCUT2D eigenvalue weighted by atomic mass is 10.1. The number of phenolic OH excluding ortho intramolecular Hbond substituents is 1. The van der Waals surface area contributed by atoms with E-state index in [0.717, 1.165) is 16.7 Å². The van der Waals surface area contributed by atoms with Crippen molar-refractivity contribution < 1.29 is 9.90 Å². The van der Waals surface area contributed by atoms with Crippen LogP contribution in [0.2, 0.25) is 5.02 Å². The zero-order valence-corrected chi connectivity index (χ0v) is 14.4. The van der Waals surface area contributed by atoms with Crippen molar-refractivity contribution in [3.05, 3.63) is 58.1 Å². The van der Waals surface area contributed by atoms with Crippen LogP contribution in [-0.4, -0.2) is 16.1 Å². The molecule has 0 bridgehead atoms. The van der Waals surface area contributed by atoms with Gasteiger partial charge in [0.25, 0.3) is 0 Å². The molecule has 3 N–H and O–H groups in total. The number of hydrogen-bond acceptors (Lipinski definition) is 3. The first-order valence-corrected chi connectivity index (χ1v) is 7.79. The Morgan fingerprint density at radius 2 is 1.78 bits per heavy atom. The zero-order valence-electron chi connectivity index (χ0n) is 12.8. The number of halogens is 1. The minimum atomic E-state index is -0.242. The van der Waals surface area contributed by atoms with Gasteiger partial charge in [-0.3, -0.25) is 4.79 Å². The summed E-state index contributed by atoms with van der Waals surface area (Å²) in [7, 11) is 0. The molecule has 23 heavy (non-hydrogen) atoms. The second-order valence-electron chi connectivity index (χ2n) is 5.26. The van der Waals surface area contributed by atoms with Crippen molar-refractivity contribution in [2.75, 3.05) is 5.32 Å². The molecule has 0 fully saturated rings. The van der Waals surface area contributed by atoms with E-state index in [-0.39, 0.29) is 23.2 Å². The molecular weight excluding hydrogens is 332 g/mol. The number of benzene rings is 2. The predicted octanol–water partition coefficient (Wildman–Crippen LogP) is 3.72. The number of aryl methyl sites for hydroxylation is 2. The van der Waals surface area contributed by atoms with E-state index in [4.69, 9.17) is 23.8 Å². The van der Waals surface area contributed by atoms with Crippen molar-refractivity contribution in [3.63, 3.8) is 0 Å². The molecule has 0 spiro atoms. The summed E-state index contributed by atoms with van der Waals surface area (Å²) >= 11 is 10.9. The largest absolute Gasteiger partial charge is 0.506 e. The summed E-state index contributed by atoms with van der Waals surface area (Å²) in [5.74, 6) is -0.157. The lowest BCUT2D eigenvalue weighted by molar-refractivity contribution is -0.119. The van der Waals surface area contributed by atoms with Gasteiger partial charge in [0, 0.05) is 5.02 Å². The molecule has 2 rings (SSSR count). The Balaban J connectivity index is 1.95. The number of thiocarbonyl (C=S) groups is 1. The molecule has 0 atom stereocenters. The number of amides is 1. The number of aromatic hydroxyl groups is 1. The predicted molar refractivity (Wildman–Crippen MR) is 97.1 cm³/mol. The lowest BCUT2D eigenvalue weighted by Gasteiger charge is -2.13. The average Bonchev–Trinajstić information content (AvgIpc) is 2.47. The fourth-order valence-corrected chi connectivity index (χ4v) is 2.36. The van der Waals surface area contributed by atoms with Gasteiger partial charge < -0.3 is 15.7 Å². The van der Waals surface area contributed by atoms with E-state index in [0.29, 0.717) is 10.7 Å². The highest BCUT2D eigenvalue weighted by Crippen LogP contribution is 2.26. The van der Waals surface area contributed by atoms with Crippen LogP contribution in [-0.2, 0) is 11.2 Å². The highest BCUT2D eigenvalue weighted by Gasteiger charge is 2.09. The molecule has 0 unspecified atom stereocenters. The van der Waals surface area contributed by atoms with E-state index in [9.17, 15) is 9.90 Å². The van der Waals surface area contributed by atoms with Crippen LogP contribution < -0.4 is 10.6 Å². The molecule has 2 aromatic rings. The lowest BCUT2D eigenvalue weighted by Crippen LogP contribution is -2.35. The van der Waals surface area contributed by atoms with Gasteiger partial charge in [0.2, 0.25) is 5.91 Å². The fourth-order valence-electron chi connectivity index (χ4n) is 2.01. The van der Waals surface area contributed by atoms with Gasteiger partial charge in [-0.25, -0.2) is 0 Å². The topological polar surface area (TPSA) is 61.4 Å². The minimum Gasteiger partial charge on any atom is -0.506 e. The van der Waals surface area contributed by atoms with Gasteiger partial charge in [-0.2, -0.15) is 0 Å². The van der Waals surface area contributed by atoms with E-state index < -0.39 is 0 Å². The number of rotatable bonds is 3. The third-order valence-electron chi connectivity index (χ3n) is 3.39. The summed E-state index contributed by atoms with van der Waals surface area (Å²) in [6.07, 6.45) is 0.192. The van der Waals surface area contributed by atoms with E-state index in [1.165, 1.54) is 0 Å². The van der Waals surface area contributed by atoms with Crippen LogP contribution in [0.15, 0.2) is 36.4 Å². The summed E-state index contributed by atoms with van der Waals surface area (Å²) in [4.78, 5) is 12.0. The maximum atomic E-state index is 12.0. The van der Waals surface area contributed by atoms with Crippen molar-refractivity contribution in [1.82, 2.24) is 5.32 Å². The quantitative estimate of drug-likeness (QED) is 0.584. The molecule has 120 valence electrons. The van der Waals surface area contributed by atoms with Crippen LogP contribution in [0.3, 0.4) is 0 Å². The standard InChI is InChI=1S/C17H17ClN2O2S/c1-10-7-14(15(21)8-11(10)2)19-17(23)20-16(22)9-12-3-5-13(18)6-4-12/h3-8,21H,9H2,1-2H3,(H2,19,20,22,23). The molecule has 4 nitrogen and oxygen atoms in total. The van der Waals surface area contributed by atoms with Crippen LogP contribution in [0.5, 0.6) is 5.75 Å². The normalized spacial score (nSPS) is 10.2. The third-order valence-corrected chi connectivity index (χ3v) is 3.85. The van der Waals surface area contributed by atoms with E-state index in [1.54, 1.807) is 36.4 Å². The Hall–Kier alpha value is -2.11. The fraction of sp³-hybridized carbons (Fsp3) is 0.176. The average molecular weight is 349 g/mol. The van der Waals surface area contributed by atoms with Gasteiger partial charge in [-0.05, 0) is 67.0 Å².